The number of likely N-dealkylation sites (tertiary alicyclic amines) is 1. The maximum Gasteiger partial charge on any atom is 0.240 e. The topological polar surface area (TPSA) is 61.4 Å². The van der Waals surface area contributed by atoms with Crippen molar-refractivity contribution in [2.24, 2.45) is 0 Å². The van der Waals surface area contributed by atoms with Gasteiger partial charge >= 0.3 is 0 Å². The molecule has 22 heavy (non-hydrogen) atoms. The van der Waals surface area contributed by atoms with E-state index in [1.807, 2.05) is 19.4 Å². The average Bonchev–Trinajstić information content (AvgIpc) is 2.96. The summed E-state index contributed by atoms with van der Waals surface area (Å²) < 4.78 is 0. The number of carbonyl (C=O) groups excluding carboxylic acids is 1. The van der Waals surface area contributed by atoms with Crippen molar-refractivity contribution in [1.82, 2.24) is 20.2 Å². The molecule has 1 N–H and O–H groups in total. The van der Waals surface area contributed by atoms with Crippen LogP contribution in [0.3, 0.4) is 0 Å². The van der Waals surface area contributed by atoms with Crippen molar-refractivity contribution in [3.05, 3.63) is 18.0 Å². The molecule has 3 rings (SSSR count). The van der Waals surface area contributed by atoms with Crippen molar-refractivity contribution < 1.29 is 4.79 Å². The normalized spacial score (nSPS) is 23.4. The lowest BCUT2D eigenvalue weighted by molar-refractivity contribution is -0.131. The molecule has 2 aliphatic heterocycles. The lowest BCUT2D eigenvalue weighted by atomic mass is 10.0. The number of piperidine rings is 1. The number of nitrogens with one attached hydrogen (secondary N) is 1. The van der Waals surface area contributed by atoms with Crippen molar-refractivity contribution in [3.63, 3.8) is 0 Å². The van der Waals surface area contributed by atoms with Crippen molar-refractivity contribution in [2.45, 2.75) is 44.7 Å². The smallest absolute Gasteiger partial charge is 0.240 e. The first kappa shape index (κ1) is 15.2. The molecule has 0 aromatic carbocycles. The Kier molecular flexibility index (Phi) is 4.57. The number of aromatic nitrogens is 2. The second-order valence-corrected chi connectivity index (χ2v) is 6.12. The largest absolute Gasteiger partial charge is 0.341 e. The molecule has 0 saturated carbocycles. The zero-order chi connectivity index (χ0) is 15.5. The van der Waals surface area contributed by atoms with E-state index in [9.17, 15) is 4.79 Å². The molecule has 0 aliphatic carbocycles. The quantitative estimate of drug-likeness (QED) is 0.892. The van der Waals surface area contributed by atoms with Gasteiger partial charge in [0.1, 0.15) is 0 Å². The zero-order valence-electron chi connectivity index (χ0n) is 13.5. The lowest BCUT2D eigenvalue weighted by Gasteiger charge is -2.36. The van der Waals surface area contributed by atoms with Crippen LogP contribution in [0.15, 0.2) is 12.4 Å². The molecule has 3 heterocycles. The maximum absolute atomic E-state index is 12.3. The van der Waals surface area contributed by atoms with Gasteiger partial charge in [-0.05, 0) is 38.3 Å². The first-order chi connectivity index (χ1) is 10.7. The van der Waals surface area contributed by atoms with Gasteiger partial charge < -0.3 is 15.1 Å². The van der Waals surface area contributed by atoms with Crippen LogP contribution in [0.5, 0.6) is 0 Å². The third-order valence-corrected chi connectivity index (χ3v) is 4.88. The van der Waals surface area contributed by atoms with Crippen molar-refractivity contribution >= 4 is 11.9 Å². The Bertz CT molecular complexity index is 510. The molecular weight excluding hydrogens is 278 g/mol. The molecule has 1 aromatic heterocycles. The summed E-state index contributed by atoms with van der Waals surface area (Å²) in [5.74, 6) is 1.08. The number of amides is 1. The Morgan fingerprint density at radius 2 is 1.86 bits per heavy atom. The van der Waals surface area contributed by atoms with Crippen molar-refractivity contribution in [2.75, 3.05) is 31.6 Å². The fraction of sp³-hybridized carbons (Fsp3) is 0.688. The fourth-order valence-electron chi connectivity index (χ4n) is 3.40. The molecule has 1 amide bonds. The van der Waals surface area contributed by atoms with Gasteiger partial charge in [-0.3, -0.25) is 4.79 Å². The van der Waals surface area contributed by atoms with E-state index in [2.05, 4.69) is 32.0 Å². The zero-order valence-corrected chi connectivity index (χ0v) is 13.5. The summed E-state index contributed by atoms with van der Waals surface area (Å²) >= 11 is 0. The van der Waals surface area contributed by atoms with Crippen LogP contribution in [0.1, 0.15) is 31.7 Å². The Hall–Kier alpha value is -1.69. The number of anilines is 1. The van der Waals surface area contributed by atoms with E-state index in [1.54, 1.807) is 0 Å². The highest BCUT2D eigenvalue weighted by Gasteiger charge is 2.36. The highest BCUT2D eigenvalue weighted by Crippen LogP contribution is 2.24. The summed E-state index contributed by atoms with van der Waals surface area (Å²) in [5.41, 5.74) is 1.17. The molecule has 2 aliphatic rings. The van der Waals surface area contributed by atoms with E-state index in [1.165, 1.54) is 5.56 Å². The third-order valence-electron chi connectivity index (χ3n) is 4.88. The molecule has 1 unspecified atom stereocenters. The molecule has 1 aromatic rings. The summed E-state index contributed by atoms with van der Waals surface area (Å²) in [7, 11) is 1.87. The van der Waals surface area contributed by atoms with Crippen LogP contribution < -0.4 is 10.2 Å². The Morgan fingerprint density at radius 3 is 2.41 bits per heavy atom. The number of hydrogen-bond acceptors (Lipinski definition) is 5. The van der Waals surface area contributed by atoms with E-state index in [0.29, 0.717) is 6.04 Å². The summed E-state index contributed by atoms with van der Waals surface area (Å²) in [6, 6.07) is 0.389. The van der Waals surface area contributed by atoms with Gasteiger partial charge in [-0.25, -0.2) is 9.97 Å². The summed E-state index contributed by atoms with van der Waals surface area (Å²) in [6.45, 7) is 4.83. The van der Waals surface area contributed by atoms with Crippen LogP contribution in [0.4, 0.5) is 5.95 Å². The molecule has 1 atom stereocenters. The number of hydrogen-bond donors (Lipinski definition) is 1. The minimum Gasteiger partial charge on any atom is -0.341 e. The van der Waals surface area contributed by atoms with Gasteiger partial charge in [0.15, 0.2) is 0 Å². The summed E-state index contributed by atoms with van der Waals surface area (Å²) in [5, 5.41) is 3.11. The van der Waals surface area contributed by atoms with Gasteiger partial charge in [0, 0.05) is 38.1 Å². The fourth-order valence-corrected chi connectivity index (χ4v) is 3.40. The molecule has 2 fully saturated rings. The highest BCUT2D eigenvalue weighted by molar-refractivity contribution is 5.84. The number of aryl methyl sites for hydroxylation is 1. The van der Waals surface area contributed by atoms with Crippen molar-refractivity contribution in [3.8, 4) is 0 Å². The number of rotatable bonds is 4. The minimum absolute atomic E-state index is 0.0166. The standard InChI is InChI=1S/C16H25N5O/c1-3-12-10-18-16(19-11-12)20-7-4-13(5-8-20)21-9-6-14(17-2)15(21)22/h10-11,13-14,17H,3-9H2,1-2H3. The van der Waals surface area contributed by atoms with Gasteiger partial charge in [-0.15, -0.1) is 0 Å². The predicted molar refractivity (Wildman–Crippen MR) is 85.8 cm³/mol. The molecule has 2 saturated heterocycles. The van der Waals surface area contributed by atoms with Crippen LogP contribution in [-0.4, -0.2) is 59.5 Å². The van der Waals surface area contributed by atoms with Gasteiger partial charge in [0.2, 0.25) is 11.9 Å². The number of likely N-dealkylation sites (N-methyl/N-ethyl adjacent to an activating group) is 1. The third kappa shape index (κ3) is 2.92. The average molecular weight is 303 g/mol. The second kappa shape index (κ2) is 6.60. The van der Waals surface area contributed by atoms with Crippen LogP contribution in [-0.2, 0) is 11.2 Å². The molecule has 0 bridgehead atoms. The second-order valence-electron chi connectivity index (χ2n) is 6.12. The molecule has 0 radical (unpaired) electrons. The molecule has 120 valence electrons. The number of nitrogens with zero attached hydrogens (tertiary/aromatic N) is 4. The maximum atomic E-state index is 12.3. The van der Waals surface area contributed by atoms with Crippen LogP contribution in [0.2, 0.25) is 0 Å². The van der Waals surface area contributed by atoms with Crippen LogP contribution >= 0.6 is 0 Å². The molecular formula is C16H25N5O. The van der Waals surface area contributed by atoms with Gasteiger partial charge in [-0.1, -0.05) is 6.92 Å². The van der Waals surface area contributed by atoms with E-state index in [-0.39, 0.29) is 11.9 Å². The summed E-state index contributed by atoms with van der Waals surface area (Å²) in [6.07, 6.45) is 7.72. The van der Waals surface area contributed by atoms with Crippen molar-refractivity contribution in [1.29, 1.82) is 0 Å². The lowest BCUT2D eigenvalue weighted by Crippen LogP contribution is -2.48. The molecule has 0 spiro atoms. The van der Waals surface area contributed by atoms with E-state index < -0.39 is 0 Å². The van der Waals surface area contributed by atoms with Crippen LogP contribution in [0.25, 0.3) is 0 Å². The van der Waals surface area contributed by atoms with Crippen LogP contribution in [0, 0.1) is 0 Å². The summed E-state index contributed by atoms with van der Waals surface area (Å²) in [4.78, 5) is 25.5. The highest BCUT2D eigenvalue weighted by atomic mass is 16.2. The van der Waals surface area contributed by atoms with Gasteiger partial charge in [0.25, 0.3) is 0 Å². The molecule has 6 nitrogen and oxygen atoms in total. The Morgan fingerprint density at radius 1 is 1.18 bits per heavy atom. The van der Waals surface area contributed by atoms with Gasteiger partial charge in [-0.2, -0.15) is 0 Å². The van der Waals surface area contributed by atoms with E-state index in [4.69, 9.17) is 0 Å². The van der Waals surface area contributed by atoms with E-state index in [0.717, 1.165) is 51.3 Å². The first-order valence-electron chi connectivity index (χ1n) is 8.26. The minimum atomic E-state index is 0.0166. The van der Waals surface area contributed by atoms with E-state index >= 15 is 0 Å². The predicted octanol–water partition coefficient (Wildman–Crippen LogP) is 0.828. The van der Waals surface area contributed by atoms with Gasteiger partial charge in [0.05, 0.1) is 6.04 Å². The SMILES string of the molecule is CCc1cnc(N2CCC(N3CCC(NC)C3=O)CC2)nc1. The Balaban J connectivity index is 1.57. The first-order valence-corrected chi connectivity index (χ1v) is 8.26. The molecule has 6 heteroatoms. The number of carbonyl (C=O) groups is 1. The monoisotopic (exact) mass is 303 g/mol. The Labute approximate surface area is 131 Å².